The molecular weight excluding hydrogens is 598 g/mol. The molecule has 3 aromatic carbocycles. The van der Waals surface area contributed by atoms with Crippen LogP contribution in [-0.2, 0) is 11.3 Å². The Hall–Kier alpha value is -3.66. The number of benzene rings is 3. The normalized spacial score (nSPS) is 13.6. The van der Waals surface area contributed by atoms with Crippen molar-refractivity contribution in [2.24, 2.45) is 0 Å². The number of halogens is 2. The van der Waals surface area contributed by atoms with Crippen molar-refractivity contribution >= 4 is 62.4 Å². The molecule has 40 heavy (non-hydrogen) atoms. The number of aliphatic hydroxyl groups excluding tert-OH is 1. The number of carbonyl (C=O) groups is 3. The minimum atomic E-state index is -1.68. The van der Waals surface area contributed by atoms with Gasteiger partial charge in [-0.15, -0.1) is 0 Å². The Bertz CT molecular complexity index is 1410. The van der Waals surface area contributed by atoms with E-state index in [1.165, 1.54) is 18.4 Å². The molecule has 0 saturated carbocycles. The van der Waals surface area contributed by atoms with E-state index in [0.29, 0.717) is 22.0 Å². The van der Waals surface area contributed by atoms with Gasteiger partial charge in [0.25, 0.3) is 5.91 Å². The molecule has 208 valence electrons. The van der Waals surface area contributed by atoms with Gasteiger partial charge in [-0.2, -0.15) is 0 Å². The lowest BCUT2D eigenvalue weighted by Crippen LogP contribution is -2.36. The molecule has 1 aliphatic rings. The largest absolute Gasteiger partial charge is 0.479 e. The van der Waals surface area contributed by atoms with E-state index in [9.17, 15) is 19.5 Å². The maximum Gasteiger partial charge on any atom is 0.334 e. The van der Waals surface area contributed by atoms with Crippen molar-refractivity contribution in [1.29, 1.82) is 0 Å². The van der Waals surface area contributed by atoms with Gasteiger partial charge in [0.05, 0.1) is 18.1 Å². The fraction of sp³-hybridized carbons (Fsp3) is 0.233. The van der Waals surface area contributed by atoms with Crippen LogP contribution in [0.3, 0.4) is 0 Å². The van der Waals surface area contributed by atoms with E-state index in [2.05, 4.69) is 32.6 Å². The molecule has 0 spiro atoms. The van der Waals surface area contributed by atoms with Crippen LogP contribution in [0.4, 0.5) is 16.2 Å². The maximum absolute atomic E-state index is 13.5. The summed E-state index contributed by atoms with van der Waals surface area (Å²) in [7, 11) is 0. The fourth-order valence-electron chi connectivity index (χ4n) is 4.32. The molecule has 8 nitrogen and oxygen atoms in total. The number of carboxylic acid groups (broad SMARTS) is 1. The van der Waals surface area contributed by atoms with E-state index in [1.54, 1.807) is 47.4 Å². The monoisotopic (exact) mass is 625 g/mol. The lowest BCUT2D eigenvalue weighted by molar-refractivity contribution is -0.146. The van der Waals surface area contributed by atoms with Crippen molar-refractivity contribution in [2.75, 3.05) is 16.8 Å². The first-order chi connectivity index (χ1) is 19.2. The second-order valence-electron chi connectivity index (χ2n) is 9.43. The molecule has 0 radical (unpaired) electrons. The van der Waals surface area contributed by atoms with E-state index < -0.39 is 24.5 Å². The number of urea groups is 1. The van der Waals surface area contributed by atoms with E-state index in [4.69, 9.17) is 16.7 Å². The van der Waals surface area contributed by atoms with Crippen LogP contribution in [0.25, 0.3) is 5.57 Å². The third kappa shape index (κ3) is 7.71. The molecule has 0 bridgehead atoms. The molecule has 0 saturated heterocycles. The summed E-state index contributed by atoms with van der Waals surface area (Å²) >= 11 is 9.58. The molecule has 0 heterocycles. The smallest absolute Gasteiger partial charge is 0.334 e. The number of rotatable bonds is 9. The summed E-state index contributed by atoms with van der Waals surface area (Å²) in [6.45, 7) is -0.186. The lowest BCUT2D eigenvalue weighted by atomic mass is 9.93. The maximum atomic E-state index is 13.5. The first kappa shape index (κ1) is 29.3. The Morgan fingerprint density at radius 3 is 2.35 bits per heavy atom. The van der Waals surface area contributed by atoms with Gasteiger partial charge in [0.1, 0.15) is 0 Å². The minimum Gasteiger partial charge on any atom is -0.479 e. The predicted octanol–water partition coefficient (Wildman–Crippen LogP) is 6.47. The van der Waals surface area contributed by atoms with E-state index in [1.807, 2.05) is 24.3 Å². The summed E-state index contributed by atoms with van der Waals surface area (Å²) in [6.07, 6.45) is 5.10. The van der Waals surface area contributed by atoms with Crippen molar-refractivity contribution in [3.63, 3.8) is 0 Å². The first-order valence-electron chi connectivity index (χ1n) is 12.8. The predicted molar refractivity (Wildman–Crippen MR) is 160 cm³/mol. The number of carboxylic acids is 1. The van der Waals surface area contributed by atoms with Crippen molar-refractivity contribution < 1.29 is 24.6 Å². The number of hydrogen-bond acceptors (Lipinski definition) is 4. The molecule has 1 atom stereocenters. The van der Waals surface area contributed by atoms with Crippen molar-refractivity contribution in [3.05, 3.63) is 99.0 Å². The SMILES string of the molecule is O=C(NC[C@@H](O)C(=O)O)c1ccc(CN(C(=O)Nc2ccc(Br)c(Cl)c2)c2ccc(C3=CCCCC3)cc2)cc1. The molecule has 0 aromatic heterocycles. The van der Waals surface area contributed by atoms with Crippen LogP contribution in [0, 0.1) is 0 Å². The number of carbonyl (C=O) groups excluding carboxylic acids is 2. The fourth-order valence-corrected chi connectivity index (χ4v) is 4.75. The van der Waals surface area contributed by atoms with Gasteiger partial charge in [-0.3, -0.25) is 9.69 Å². The summed E-state index contributed by atoms with van der Waals surface area (Å²) in [5.74, 6) is -1.93. The molecule has 1 aliphatic carbocycles. The molecule has 0 aliphatic heterocycles. The molecule has 3 aromatic rings. The highest BCUT2D eigenvalue weighted by Gasteiger charge is 2.19. The Balaban J connectivity index is 1.53. The highest BCUT2D eigenvalue weighted by molar-refractivity contribution is 9.10. The van der Waals surface area contributed by atoms with Gasteiger partial charge in [0, 0.05) is 21.4 Å². The number of amides is 3. The van der Waals surface area contributed by atoms with Crippen molar-refractivity contribution in [2.45, 2.75) is 38.3 Å². The quantitative estimate of drug-likeness (QED) is 0.217. The summed E-state index contributed by atoms with van der Waals surface area (Å²) in [6, 6.07) is 19.3. The highest BCUT2D eigenvalue weighted by Crippen LogP contribution is 2.30. The van der Waals surface area contributed by atoms with Crippen LogP contribution in [-0.4, -0.2) is 40.8 Å². The average Bonchev–Trinajstić information content (AvgIpc) is 2.97. The van der Waals surface area contributed by atoms with Gasteiger partial charge in [-0.1, -0.05) is 41.9 Å². The second kappa shape index (κ2) is 13.6. The standard InChI is InChI=1S/C30H29BrClN3O5/c31-25-15-12-23(16-26(25)32)34-30(40)35(24-13-10-21(11-14-24)20-4-2-1-3-5-20)18-19-6-8-22(9-7-19)28(37)33-17-27(36)29(38)39/h4,6-16,27,36H,1-3,5,17-18H2,(H,33,37)(H,34,40)(H,38,39)/t27-/m1/s1. The Kier molecular flexibility index (Phi) is 9.98. The zero-order chi connectivity index (χ0) is 28.6. The number of nitrogens with zero attached hydrogens (tertiary/aromatic N) is 1. The highest BCUT2D eigenvalue weighted by atomic mass is 79.9. The molecule has 10 heteroatoms. The summed E-state index contributed by atoms with van der Waals surface area (Å²) < 4.78 is 0.721. The van der Waals surface area contributed by atoms with Gasteiger partial charge < -0.3 is 20.8 Å². The average molecular weight is 627 g/mol. The van der Waals surface area contributed by atoms with E-state index in [0.717, 1.165) is 28.4 Å². The Morgan fingerprint density at radius 1 is 1.00 bits per heavy atom. The molecule has 4 N–H and O–H groups in total. The zero-order valence-electron chi connectivity index (χ0n) is 21.6. The number of allylic oxidation sites excluding steroid dienone is 2. The zero-order valence-corrected chi connectivity index (χ0v) is 23.9. The Labute approximate surface area is 245 Å². The van der Waals surface area contributed by atoms with Gasteiger partial charge >= 0.3 is 12.0 Å². The van der Waals surface area contributed by atoms with E-state index in [-0.39, 0.29) is 12.6 Å². The van der Waals surface area contributed by atoms with Gasteiger partial charge in [-0.25, -0.2) is 9.59 Å². The molecular formula is C30H29BrClN3O5. The summed E-state index contributed by atoms with van der Waals surface area (Å²) in [5.41, 5.74) is 4.78. The lowest BCUT2D eigenvalue weighted by Gasteiger charge is -2.24. The third-order valence-corrected chi connectivity index (χ3v) is 7.79. The van der Waals surface area contributed by atoms with Crippen LogP contribution in [0.5, 0.6) is 0 Å². The number of nitrogens with one attached hydrogen (secondary N) is 2. The van der Waals surface area contributed by atoms with Crippen molar-refractivity contribution in [3.8, 4) is 0 Å². The second-order valence-corrected chi connectivity index (χ2v) is 10.7. The van der Waals surface area contributed by atoms with Crippen LogP contribution < -0.4 is 15.5 Å². The summed E-state index contributed by atoms with van der Waals surface area (Å²) in [5, 5.41) is 23.9. The van der Waals surface area contributed by atoms with Gasteiger partial charge in [-0.05, 0) is 101 Å². The summed E-state index contributed by atoms with van der Waals surface area (Å²) in [4.78, 5) is 38.2. The van der Waals surface area contributed by atoms with Gasteiger partial charge in [0.2, 0.25) is 0 Å². The number of anilines is 2. The number of hydrogen-bond donors (Lipinski definition) is 4. The van der Waals surface area contributed by atoms with Crippen molar-refractivity contribution in [1.82, 2.24) is 5.32 Å². The Morgan fingerprint density at radius 2 is 1.73 bits per heavy atom. The number of aliphatic hydroxyl groups is 1. The third-order valence-electron chi connectivity index (χ3n) is 6.55. The van der Waals surface area contributed by atoms with Crippen LogP contribution in [0.1, 0.15) is 47.2 Å². The van der Waals surface area contributed by atoms with Crippen LogP contribution in [0.2, 0.25) is 5.02 Å². The molecule has 0 unspecified atom stereocenters. The molecule has 3 amide bonds. The van der Waals surface area contributed by atoms with Crippen LogP contribution in [0.15, 0.2) is 77.3 Å². The topological polar surface area (TPSA) is 119 Å². The van der Waals surface area contributed by atoms with Gasteiger partial charge in [0.15, 0.2) is 6.10 Å². The first-order valence-corrected chi connectivity index (χ1v) is 14.0. The number of aliphatic carboxylic acids is 1. The molecule has 0 fully saturated rings. The van der Waals surface area contributed by atoms with Crippen LogP contribution >= 0.6 is 27.5 Å². The minimum absolute atomic E-state index is 0.220. The molecule has 4 rings (SSSR count). The van der Waals surface area contributed by atoms with E-state index >= 15 is 0 Å².